The second-order valence-electron chi connectivity index (χ2n) is 11.0. The van der Waals surface area contributed by atoms with Crippen LogP contribution in [0.4, 0.5) is 11.4 Å². The SMILES string of the molecule is CCNc1cc(C(=O)N[C@@H](Cc2ccccc2)[C@@H](O)CN[C@@H]2CCc3ccccc32)cc(N2CCCCS2(O)O)c1. The zero-order chi connectivity index (χ0) is 28.8. The highest BCUT2D eigenvalue weighted by molar-refractivity contribution is 8.25. The fourth-order valence-electron chi connectivity index (χ4n) is 5.88. The Morgan fingerprint density at radius 1 is 1.05 bits per heavy atom. The van der Waals surface area contributed by atoms with Crippen LogP contribution in [0.1, 0.15) is 59.3 Å². The summed E-state index contributed by atoms with van der Waals surface area (Å²) in [6.07, 6.45) is 3.27. The summed E-state index contributed by atoms with van der Waals surface area (Å²) < 4.78 is 23.1. The van der Waals surface area contributed by atoms with E-state index < -0.39 is 22.9 Å². The summed E-state index contributed by atoms with van der Waals surface area (Å²) in [6, 6.07) is 23.3. The number of carbonyl (C=O) groups excluding carboxylic acids is 1. The molecular formula is C32H42N4O4S. The fraction of sp³-hybridized carbons (Fsp3) is 0.406. The minimum atomic E-state index is -2.94. The van der Waals surface area contributed by atoms with Gasteiger partial charge in [0.25, 0.3) is 5.91 Å². The third-order valence-corrected chi connectivity index (χ3v) is 9.95. The Hall–Kier alpha value is -3.08. The lowest BCUT2D eigenvalue weighted by molar-refractivity contribution is 0.0824. The van der Waals surface area contributed by atoms with Crippen LogP contribution >= 0.6 is 10.8 Å². The zero-order valence-corrected chi connectivity index (χ0v) is 24.4. The molecule has 0 spiro atoms. The average molecular weight is 579 g/mol. The van der Waals surface area contributed by atoms with Crippen molar-refractivity contribution in [2.45, 2.75) is 57.2 Å². The van der Waals surface area contributed by atoms with Crippen LogP contribution in [0.15, 0.2) is 72.8 Å². The van der Waals surface area contributed by atoms with E-state index in [1.807, 2.05) is 49.4 Å². The normalized spacial score (nSPS) is 20.1. The van der Waals surface area contributed by atoms with Gasteiger partial charge in [0, 0.05) is 36.9 Å². The molecule has 0 radical (unpaired) electrons. The van der Waals surface area contributed by atoms with Gasteiger partial charge >= 0.3 is 0 Å². The second kappa shape index (κ2) is 13.3. The molecule has 9 heteroatoms. The van der Waals surface area contributed by atoms with E-state index in [1.165, 1.54) is 11.1 Å². The highest BCUT2D eigenvalue weighted by atomic mass is 32.3. The zero-order valence-electron chi connectivity index (χ0n) is 23.6. The first-order valence-corrected chi connectivity index (χ1v) is 16.3. The van der Waals surface area contributed by atoms with Crippen molar-refractivity contribution < 1.29 is 19.0 Å². The molecule has 3 aromatic carbocycles. The lowest BCUT2D eigenvalue weighted by atomic mass is 9.99. The van der Waals surface area contributed by atoms with Crippen LogP contribution in [0.3, 0.4) is 0 Å². The van der Waals surface area contributed by atoms with Crippen LogP contribution in [0, 0.1) is 0 Å². The summed E-state index contributed by atoms with van der Waals surface area (Å²) in [5.74, 6) is 0.00901. The average Bonchev–Trinajstić information content (AvgIpc) is 3.39. The number of nitrogens with zero attached hydrogens (tertiary/aromatic N) is 1. The van der Waals surface area contributed by atoms with Gasteiger partial charge in [-0.2, -0.15) is 0 Å². The highest BCUT2D eigenvalue weighted by Gasteiger charge is 2.29. The lowest BCUT2D eigenvalue weighted by Crippen LogP contribution is -2.49. The monoisotopic (exact) mass is 578 g/mol. The van der Waals surface area contributed by atoms with Gasteiger partial charge in [-0.25, -0.2) is 0 Å². The first kappa shape index (κ1) is 29.4. The molecule has 2 aliphatic rings. The number of aliphatic hydroxyl groups excluding tert-OH is 1. The molecule has 41 heavy (non-hydrogen) atoms. The lowest BCUT2D eigenvalue weighted by Gasteiger charge is -2.47. The number of fused-ring (bicyclic) bond motifs is 1. The topological polar surface area (TPSA) is 117 Å². The molecule has 5 rings (SSSR count). The Morgan fingerprint density at radius 3 is 2.61 bits per heavy atom. The number of amides is 1. The molecule has 220 valence electrons. The van der Waals surface area contributed by atoms with Gasteiger partial charge in [0.1, 0.15) is 0 Å². The Bertz CT molecular complexity index is 1320. The van der Waals surface area contributed by atoms with Crippen molar-refractivity contribution in [2.75, 3.05) is 35.0 Å². The molecule has 1 amide bonds. The second-order valence-corrected chi connectivity index (χ2v) is 13.1. The number of aryl methyl sites for hydroxylation is 1. The Morgan fingerprint density at radius 2 is 1.83 bits per heavy atom. The van der Waals surface area contributed by atoms with Gasteiger partial charge in [0.05, 0.1) is 23.6 Å². The number of nitrogens with one attached hydrogen (secondary N) is 3. The summed E-state index contributed by atoms with van der Waals surface area (Å²) in [5.41, 5.74) is 5.39. The molecule has 1 fully saturated rings. The molecule has 6 N–H and O–H groups in total. The van der Waals surface area contributed by atoms with Crippen molar-refractivity contribution in [1.82, 2.24) is 10.6 Å². The van der Waals surface area contributed by atoms with E-state index in [4.69, 9.17) is 0 Å². The molecule has 8 nitrogen and oxygen atoms in total. The number of carbonyl (C=O) groups is 1. The number of rotatable bonds is 11. The van der Waals surface area contributed by atoms with Crippen molar-refractivity contribution in [1.29, 1.82) is 0 Å². The number of benzene rings is 3. The minimum absolute atomic E-state index is 0.178. The molecule has 1 aliphatic carbocycles. The predicted octanol–water partition coefficient (Wildman–Crippen LogP) is 5.36. The fourth-order valence-corrected chi connectivity index (χ4v) is 7.55. The number of anilines is 2. The molecule has 0 aromatic heterocycles. The molecule has 0 unspecified atom stereocenters. The number of aliphatic hydroxyl groups is 1. The van der Waals surface area contributed by atoms with Gasteiger partial charge in [-0.1, -0.05) is 54.6 Å². The van der Waals surface area contributed by atoms with E-state index in [2.05, 4.69) is 34.1 Å². The number of hydrogen-bond donors (Lipinski definition) is 6. The van der Waals surface area contributed by atoms with Crippen LogP contribution in [-0.4, -0.2) is 57.7 Å². The van der Waals surface area contributed by atoms with Gasteiger partial charge in [-0.15, -0.1) is 10.8 Å². The van der Waals surface area contributed by atoms with E-state index in [0.717, 1.165) is 36.9 Å². The standard InChI is InChI=1S/C32H42N4O4S/c1-2-33-26-19-25(20-27(21-26)36-16-8-9-17-41(36,39)40)32(38)35-30(18-23-10-4-3-5-11-23)31(37)22-34-29-15-14-24-12-6-7-13-28(24)29/h3-7,10-13,19-21,29-31,33-34,37,39-40H,2,8-9,14-18,22H2,1H3,(H,35,38)/t29-,30+,31+/m1/s1. The highest BCUT2D eigenvalue weighted by Crippen LogP contribution is 2.50. The molecule has 3 aromatic rings. The number of hydrogen-bond acceptors (Lipinski definition) is 7. The van der Waals surface area contributed by atoms with Crippen molar-refractivity contribution in [3.63, 3.8) is 0 Å². The summed E-state index contributed by atoms with van der Waals surface area (Å²) in [6.45, 7) is 3.49. The quantitative estimate of drug-likeness (QED) is 0.181. The van der Waals surface area contributed by atoms with Crippen molar-refractivity contribution in [3.8, 4) is 0 Å². The summed E-state index contributed by atoms with van der Waals surface area (Å²) in [4.78, 5) is 13.7. The maximum absolute atomic E-state index is 13.7. The Balaban J connectivity index is 1.35. The summed E-state index contributed by atoms with van der Waals surface area (Å²) >= 11 is 0. The van der Waals surface area contributed by atoms with Crippen molar-refractivity contribution in [3.05, 3.63) is 95.1 Å². The van der Waals surface area contributed by atoms with E-state index in [-0.39, 0.29) is 11.9 Å². The molecule has 3 atom stereocenters. The van der Waals surface area contributed by atoms with Crippen LogP contribution in [0.5, 0.6) is 0 Å². The van der Waals surface area contributed by atoms with Gasteiger partial charge in [0.15, 0.2) is 0 Å². The largest absolute Gasteiger partial charge is 0.390 e. The first-order valence-electron chi connectivity index (χ1n) is 14.6. The third-order valence-electron chi connectivity index (χ3n) is 8.02. The van der Waals surface area contributed by atoms with E-state index >= 15 is 0 Å². The minimum Gasteiger partial charge on any atom is -0.390 e. The smallest absolute Gasteiger partial charge is 0.251 e. The Labute approximate surface area is 244 Å². The van der Waals surface area contributed by atoms with E-state index in [1.54, 1.807) is 16.4 Å². The maximum atomic E-state index is 13.7. The molecule has 1 aliphatic heterocycles. The Kier molecular flexibility index (Phi) is 9.52. The summed E-state index contributed by atoms with van der Waals surface area (Å²) in [5, 5.41) is 21.3. The predicted molar refractivity (Wildman–Crippen MR) is 168 cm³/mol. The van der Waals surface area contributed by atoms with Crippen LogP contribution in [0.2, 0.25) is 0 Å². The molecule has 1 heterocycles. The molecule has 0 saturated carbocycles. The molecule has 1 saturated heterocycles. The van der Waals surface area contributed by atoms with Crippen molar-refractivity contribution in [2.24, 2.45) is 0 Å². The van der Waals surface area contributed by atoms with Crippen molar-refractivity contribution >= 4 is 28.1 Å². The third kappa shape index (κ3) is 7.23. The van der Waals surface area contributed by atoms with Gasteiger partial charge in [-0.3, -0.25) is 18.2 Å². The molecular weight excluding hydrogens is 536 g/mol. The summed E-state index contributed by atoms with van der Waals surface area (Å²) in [7, 11) is -2.94. The van der Waals surface area contributed by atoms with Gasteiger partial charge in [0.2, 0.25) is 0 Å². The van der Waals surface area contributed by atoms with E-state index in [9.17, 15) is 19.0 Å². The van der Waals surface area contributed by atoms with Gasteiger partial charge < -0.3 is 21.1 Å². The van der Waals surface area contributed by atoms with Crippen LogP contribution in [-0.2, 0) is 12.8 Å². The maximum Gasteiger partial charge on any atom is 0.251 e. The first-order chi connectivity index (χ1) is 19.8. The van der Waals surface area contributed by atoms with E-state index in [0.29, 0.717) is 43.1 Å². The van der Waals surface area contributed by atoms with Gasteiger partial charge in [-0.05, 0) is 73.9 Å². The van der Waals surface area contributed by atoms with Crippen LogP contribution < -0.4 is 20.3 Å². The van der Waals surface area contributed by atoms with Crippen LogP contribution in [0.25, 0.3) is 0 Å². The molecule has 0 bridgehead atoms.